The van der Waals surface area contributed by atoms with Crippen molar-refractivity contribution in [2.24, 2.45) is 0 Å². The van der Waals surface area contributed by atoms with E-state index in [2.05, 4.69) is 4.98 Å². The zero-order chi connectivity index (χ0) is 27.3. The van der Waals surface area contributed by atoms with Crippen molar-refractivity contribution in [1.82, 2.24) is 9.88 Å². The molecule has 1 aromatic heterocycles. The Morgan fingerprint density at radius 2 is 1.77 bits per heavy atom. The van der Waals surface area contributed by atoms with Crippen molar-refractivity contribution in [2.45, 2.75) is 32.5 Å². The Kier molecular flexibility index (Phi) is 7.30. The lowest BCUT2D eigenvalue weighted by atomic mass is 10.1. The molecule has 4 aromatic rings. The molecule has 8 heteroatoms. The van der Waals surface area contributed by atoms with Crippen molar-refractivity contribution in [3.63, 3.8) is 0 Å². The van der Waals surface area contributed by atoms with E-state index in [0.717, 1.165) is 40.4 Å². The summed E-state index contributed by atoms with van der Waals surface area (Å²) in [6.07, 6.45) is 3.15. The molecule has 0 aliphatic carbocycles. The third-order valence-corrected chi connectivity index (χ3v) is 6.98. The molecule has 6 rings (SSSR count). The van der Waals surface area contributed by atoms with Gasteiger partial charge in [0.1, 0.15) is 12.4 Å². The lowest BCUT2D eigenvalue weighted by Gasteiger charge is -2.23. The molecule has 0 spiro atoms. The Labute approximate surface area is 232 Å². The number of benzene rings is 3. The first-order valence-corrected chi connectivity index (χ1v) is 13.3. The molecule has 0 atom stereocenters. The van der Waals surface area contributed by atoms with Crippen molar-refractivity contribution in [3.05, 3.63) is 114 Å². The largest absolute Gasteiger partial charge is 0.489 e. The van der Waals surface area contributed by atoms with Crippen LogP contribution in [-0.2, 0) is 24.5 Å². The van der Waals surface area contributed by atoms with E-state index in [-0.39, 0.29) is 18.6 Å². The maximum absolute atomic E-state index is 13.7. The molecule has 2 aliphatic heterocycles. The van der Waals surface area contributed by atoms with Crippen molar-refractivity contribution in [1.29, 1.82) is 0 Å². The first-order valence-electron chi connectivity index (χ1n) is 13.3. The maximum Gasteiger partial charge on any atom is 0.254 e. The lowest BCUT2D eigenvalue weighted by molar-refractivity contribution is -0.117. The molecule has 0 bridgehead atoms. The van der Waals surface area contributed by atoms with E-state index in [0.29, 0.717) is 44.0 Å². The minimum atomic E-state index is -0.114. The number of rotatable bonds is 9. The molecule has 202 valence electrons. The number of amides is 2. The predicted octanol–water partition coefficient (Wildman–Crippen LogP) is 5.36. The first kappa shape index (κ1) is 25.4. The fourth-order valence-electron chi connectivity index (χ4n) is 4.93. The van der Waals surface area contributed by atoms with Crippen LogP contribution in [0, 0.1) is 0 Å². The van der Waals surface area contributed by atoms with Crippen LogP contribution in [0.25, 0.3) is 0 Å². The van der Waals surface area contributed by atoms with Gasteiger partial charge in [-0.15, -0.1) is 0 Å². The predicted molar refractivity (Wildman–Crippen MR) is 149 cm³/mol. The number of nitrogens with zero attached hydrogens (tertiary/aromatic N) is 3. The Morgan fingerprint density at radius 3 is 2.58 bits per heavy atom. The van der Waals surface area contributed by atoms with Gasteiger partial charge in [0.15, 0.2) is 11.5 Å². The summed E-state index contributed by atoms with van der Waals surface area (Å²) < 4.78 is 16.9. The molecule has 2 aliphatic rings. The molecular weight excluding hydrogens is 506 g/mol. The molecule has 0 unspecified atom stereocenters. The summed E-state index contributed by atoms with van der Waals surface area (Å²) in [5.74, 6) is 2.18. The molecule has 0 N–H and O–H groups in total. The number of hydrogen-bond acceptors (Lipinski definition) is 6. The van der Waals surface area contributed by atoms with E-state index in [1.807, 2.05) is 72.8 Å². The number of pyridine rings is 1. The van der Waals surface area contributed by atoms with Crippen LogP contribution < -0.4 is 19.1 Å². The van der Waals surface area contributed by atoms with Gasteiger partial charge in [-0.1, -0.05) is 24.3 Å². The fourth-order valence-corrected chi connectivity index (χ4v) is 4.93. The van der Waals surface area contributed by atoms with Crippen LogP contribution in [0.1, 0.15) is 40.0 Å². The summed E-state index contributed by atoms with van der Waals surface area (Å²) in [5, 5.41) is 0. The molecule has 0 radical (unpaired) electrons. The third kappa shape index (κ3) is 5.76. The standard InChI is InChI=1S/C32H29N3O5/c36-31-8-4-16-35(31)27-12-10-25(11-13-27)32(37)34(20-26-6-1-2-15-33-26)19-23-5-3-7-28(17-23)38-21-24-9-14-29-30(18-24)40-22-39-29/h1-3,5-7,9-15,17-18H,4,8,16,19-22H2. The van der Waals surface area contributed by atoms with Gasteiger partial charge in [0.2, 0.25) is 12.7 Å². The zero-order valence-corrected chi connectivity index (χ0v) is 22.0. The van der Waals surface area contributed by atoms with E-state index < -0.39 is 0 Å². The number of ether oxygens (including phenoxy) is 3. The highest BCUT2D eigenvalue weighted by Crippen LogP contribution is 2.33. The number of anilines is 1. The molecule has 8 nitrogen and oxygen atoms in total. The monoisotopic (exact) mass is 535 g/mol. The Balaban J connectivity index is 1.18. The minimum Gasteiger partial charge on any atom is -0.489 e. The van der Waals surface area contributed by atoms with E-state index in [9.17, 15) is 9.59 Å². The van der Waals surface area contributed by atoms with E-state index in [1.165, 1.54) is 0 Å². The second kappa shape index (κ2) is 11.5. The number of fused-ring (bicyclic) bond motifs is 1. The summed E-state index contributed by atoms with van der Waals surface area (Å²) in [5.41, 5.74) is 4.09. The number of carbonyl (C=O) groups excluding carboxylic acids is 2. The quantitative estimate of drug-likeness (QED) is 0.287. The summed E-state index contributed by atoms with van der Waals surface area (Å²) in [7, 11) is 0. The lowest BCUT2D eigenvalue weighted by Crippen LogP contribution is -2.30. The summed E-state index contributed by atoms with van der Waals surface area (Å²) in [4.78, 5) is 33.8. The van der Waals surface area contributed by atoms with Gasteiger partial charge in [-0.3, -0.25) is 14.6 Å². The van der Waals surface area contributed by atoms with Gasteiger partial charge in [0.25, 0.3) is 5.91 Å². The van der Waals surface area contributed by atoms with E-state index in [4.69, 9.17) is 14.2 Å². The van der Waals surface area contributed by atoms with Gasteiger partial charge in [0, 0.05) is 37.0 Å². The molecule has 0 saturated carbocycles. The Bertz CT molecular complexity index is 1510. The number of carbonyl (C=O) groups is 2. The van der Waals surface area contributed by atoms with Crippen LogP contribution >= 0.6 is 0 Å². The zero-order valence-electron chi connectivity index (χ0n) is 22.0. The van der Waals surface area contributed by atoms with Gasteiger partial charge in [0.05, 0.1) is 12.2 Å². The van der Waals surface area contributed by atoms with Crippen LogP contribution in [-0.4, -0.2) is 35.0 Å². The average Bonchev–Trinajstić information content (AvgIpc) is 3.65. The highest BCUT2D eigenvalue weighted by Gasteiger charge is 2.23. The molecule has 1 saturated heterocycles. The molecule has 3 heterocycles. The topological polar surface area (TPSA) is 81.2 Å². The van der Waals surface area contributed by atoms with Gasteiger partial charge < -0.3 is 24.0 Å². The first-order chi connectivity index (χ1) is 19.6. The molecule has 2 amide bonds. The van der Waals surface area contributed by atoms with Crippen LogP contribution in [0.15, 0.2) is 91.1 Å². The van der Waals surface area contributed by atoms with Crippen LogP contribution in [0.2, 0.25) is 0 Å². The molecule has 1 fully saturated rings. The van der Waals surface area contributed by atoms with Gasteiger partial charge in [-0.2, -0.15) is 0 Å². The maximum atomic E-state index is 13.7. The number of hydrogen-bond donors (Lipinski definition) is 0. The van der Waals surface area contributed by atoms with Gasteiger partial charge in [-0.05, 0) is 78.2 Å². The van der Waals surface area contributed by atoms with Crippen molar-refractivity contribution < 1.29 is 23.8 Å². The smallest absolute Gasteiger partial charge is 0.254 e. The van der Waals surface area contributed by atoms with E-state index >= 15 is 0 Å². The van der Waals surface area contributed by atoms with Crippen LogP contribution in [0.5, 0.6) is 17.2 Å². The van der Waals surface area contributed by atoms with Gasteiger partial charge >= 0.3 is 0 Å². The molecular formula is C32H29N3O5. The highest BCUT2D eigenvalue weighted by atomic mass is 16.7. The normalized spacial score (nSPS) is 13.9. The highest BCUT2D eigenvalue weighted by molar-refractivity contribution is 5.97. The Hall–Kier alpha value is -4.85. The SMILES string of the molecule is O=C(c1ccc(N2CCCC2=O)cc1)N(Cc1cccc(OCc2ccc3c(c2)OCO3)c1)Cc1ccccn1. The summed E-state index contributed by atoms with van der Waals surface area (Å²) in [6, 6.07) is 26.5. The third-order valence-electron chi connectivity index (χ3n) is 6.98. The second-order valence-electron chi connectivity index (χ2n) is 9.80. The van der Waals surface area contributed by atoms with Crippen molar-refractivity contribution in [3.8, 4) is 17.2 Å². The van der Waals surface area contributed by atoms with Crippen molar-refractivity contribution in [2.75, 3.05) is 18.2 Å². The minimum absolute atomic E-state index is 0.114. The summed E-state index contributed by atoms with van der Waals surface area (Å²) in [6.45, 7) is 2.06. The second-order valence-corrected chi connectivity index (χ2v) is 9.80. The molecule has 3 aromatic carbocycles. The summed E-state index contributed by atoms with van der Waals surface area (Å²) >= 11 is 0. The number of aromatic nitrogens is 1. The van der Waals surface area contributed by atoms with Crippen molar-refractivity contribution >= 4 is 17.5 Å². The van der Waals surface area contributed by atoms with Crippen LogP contribution in [0.4, 0.5) is 5.69 Å². The van der Waals surface area contributed by atoms with Crippen LogP contribution in [0.3, 0.4) is 0 Å². The van der Waals surface area contributed by atoms with Gasteiger partial charge in [-0.25, -0.2) is 0 Å². The Morgan fingerprint density at radius 1 is 0.900 bits per heavy atom. The fraction of sp³-hybridized carbons (Fsp3) is 0.219. The molecule has 40 heavy (non-hydrogen) atoms. The average molecular weight is 536 g/mol. The van der Waals surface area contributed by atoms with E-state index in [1.54, 1.807) is 28.1 Å².